The monoisotopic (exact) mass is 839 g/mol. The number of ether oxygens (including phenoxy) is 2. The molecule has 3 amide bonds. The maximum absolute atomic E-state index is 14.8. The van der Waals surface area contributed by atoms with Crippen molar-refractivity contribution < 1.29 is 59.4 Å². The van der Waals surface area contributed by atoms with E-state index in [1.807, 2.05) is 19.1 Å². The molecule has 2 saturated carbocycles. The van der Waals surface area contributed by atoms with E-state index in [1.165, 1.54) is 28.9 Å². The van der Waals surface area contributed by atoms with Gasteiger partial charge >= 0.3 is 18.2 Å². The summed E-state index contributed by atoms with van der Waals surface area (Å²) in [6, 6.07) is 3.20. The van der Waals surface area contributed by atoms with Crippen LogP contribution in [0.1, 0.15) is 110 Å². The van der Waals surface area contributed by atoms with E-state index in [0.29, 0.717) is 63.5 Å². The number of benzene rings is 1. The van der Waals surface area contributed by atoms with E-state index < -0.39 is 110 Å². The number of esters is 1. The lowest BCUT2D eigenvalue weighted by molar-refractivity contribution is -0.257. The highest BCUT2D eigenvalue weighted by Gasteiger charge is 2.63. The maximum atomic E-state index is 14.8. The van der Waals surface area contributed by atoms with Crippen LogP contribution in [0.2, 0.25) is 0 Å². The number of carbonyl (C=O) groups is 5. The highest BCUT2D eigenvalue weighted by Crippen LogP contribution is 2.58. The lowest BCUT2D eigenvalue weighted by atomic mass is 9.79. The first-order valence-corrected chi connectivity index (χ1v) is 21.6. The summed E-state index contributed by atoms with van der Waals surface area (Å²) in [6.07, 6.45) is -1.54. The van der Waals surface area contributed by atoms with Gasteiger partial charge in [-0.05, 0) is 88.7 Å². The summed E-state index contributed by atoms with van der Waals surface area (Å²) >= 11 is 0. The van der Waals surface area contributed by atoms with Gasteiger partial charge in [0.1, 0.15) is 11.9 Å². The SMILES string of the molecule is CC[C@@H]1C[C@@H](C)CC/C=C\[C@@H]2C[C@@]2(C(=O)NS(=O)(=O)C2(C)CC2)CC(=O)[C@@H]2C[C@@H](OC(=O)N3Cc4cccc(F)c4C3)CN2C(=O)[C@H]1CC(=O)OC(C)(C)C(F)(F)F. The Kier molecular flexibility index (Phi) is 11.9. The summed E-state index contributed by atoms with van der Waals surface area (Å²) < 4.78 is 94.1. The number of sulfonamides is 1. The molecule has 1 N–H and O–H groups in total. The summed E-state index contributed by atoms with van der Waals surface area (Å²) in [5.41, 5.74) is -3.36. The molecule has 1 aromatic rings. The number of halogens is 4. The zero-order valence-corrected chi connectivity index (χ0v) is 34.3. The molecule has 5 aliphatic rings. The topological polar surface area (TPSA) is 156 Å². The van der Waals surface area contributed by atoms with Gasteiger partial charge in [-0.2, -0.15) is 13.2 Å². The van der Waals surface area contributed by atoms with Crippen LogP contribution in [0, 0.1) is 34.9 Å². The molecule has 3 fully saturated rings. The Hall–Kier alpha value is -4.02. The van der Waals surface area contributed by atoms with Crippen molar-refractivity contribution in [1.82, 2.24) is 14.5 Å². The largest absolute Gasteiger partial charge is 0.450 e. The Morgan fingerprint density at radius 3 is 2.41 bits per heavy atom. The molecule has 6 rings (SSSR count). The Bertz CT molecular complexity index is 1970. The van der Waals surface area contributed by atoms with Crippen molar-refractivity contribution in [1.29, 1.82) is 0 Å². The number of allylic oxidation sites excluding steroid dienone is 2. The molecule has 0 spiro atoms. The van der Waals surface area contributed by atoms with Crippen molar-refractivity contribution in [2.24, 2.45) is 29.1 Å². The normalized spacial score (nSPS) is 30.6. The molecule has 0 aromatic heterocycles. The average molecular weight is 840 g/mol. The number of nitrogens with one attached hydrogen (secondary N) is 1. The van der Waals surface area contributed by atoms with E-state index in [1.54, 1.807) is 13.0 Å². The van der Waals surface area contributed by atoms with Gasteiger partial charge in [-0.1, -0.05) is 44.6 Å². The molecular formula is C41H53F4N3O9S. The van der Waals surface area contributed by atoms with Crippen LogP contribution in [0.5, 0.6) is 0 Å². The number of hydrogen-bond acceptors (Lipinski definition) is 9. The molecule has 320 valence electrons. The minimum absolute atomic E-state index is 0.0199. The van der Waals surface area contributed by atoms with Crippen LogP contribution in [-0.4, -0.2) is 83.1 Å². The Balaban J connectivity index is 1.32. The van der Waals surface area contributed by atoms with Gasteiger partial charge in [-0.3, -0.25) is 28.8 Å². The molecule has 0 radical (unpaired) electrons. The summed E-state index contributed by atoms with van der Waals surface area (Å²) in [5, 5.41) is 0. The van der Waals surface area contributed by atoms with Crippen LogP contribution in [-0.2, 0) is 51.8 Å². The average Bonchev–Trinajstić information content (AvgIpc) is 3.92. The summed E-state index contributed by atoms with van der Waals surface area (Å²) in [7, 11) is -4.07. The number of amides is 3. The number of rotatable bonds is 8. The third kappa shape index (κ3) is 8.79. The molecule has 1 aromatic carbocycles. The van der Waals surface area contributed by atoms with Crippen molar-refractivity contribution in [2.45, 2.75) is 141 Å². The van der Waals surface area contributed by atoms with Crippen LogP contribution >= 0.6 is 0 Å². The summed E-state index contributed by atoms with van der Waals surface area (Å²) in [4.78, 5) is 72.6. The fourth-order valence-electron chi connectivity index (χ4n) is 8.63. The molecule has 1 saturated heterocycles. The number of nitrogens with zero attached hydrogens (tertiary/aromatic N) is 2. The number of ketones is 1. The number of hydrogen-bond donors (Lipinski definition) is 1. The predicted molar refractivity (Wildman–Crippen MR) is 201 cm³/mol. The second-order valence-corrected chi connectivity index (χ2v) is 20.0. The second kappa shape index (κ2) is 15.9. The third-order valence-electron chi connectivity index (χ3n) is 13.0. The predicted octanol–water partition coefficient (Wildman–Crippen LogP) is 6.50. The molecule has 3 aliphatic heterocycles. The fourth-order valence-corrected chi connectivity index (χ4v) is 9.97. The molecule has 58 heavy (non-hydrogen) atoms. The zero-order valence-electron chi connectivity index (χ0n) is 33.5. The van der Waals surface area contributed by atoms with Gasteiger partial charge in [0.15, 0.2) is 5.78 Å². The smallest absolute Gasteiger partial charge is 0.427 e. The van der Waals surface area contributed by atoms with Crippen molar-refractivity contribution in [3.63, 3.8) is 0 Å². The van der Waals surface area contributed by atoms with Crippen molar-refractivity contribution >= 4 is 39.7 Å². The number of carbonyl (C=O) groups excluding carboxylic acids is 5. The van der Waals surface area contributed by atoms with Gasteiger partial charge in [0.25, 0.3) is 0 Å². The van der Waals surface area contributed by atoms with Crippen LogP contribution in [0.15, 0.2) is 30.4 Å². The van der Waals surface area contributed by atoms with E-state index in [9.17, 15) is 50.0 Å². The Morgan fingerprint density at radius 1 is 1.07 bits per heavy atom. The molecular weight excluding hydrogens is 787 g/mol. The van der Waals surface area contributed by atoms with E-state index in [4.69, 9.17) is 9.47 Å². The lowest BCUT2D eigenvalue weighted by Crippen LogP contribution is -2.49. The summed E-state index contributed by atoms with van der Waals surface area (Å²) in [5.74, 6) is -6.10. The Labute approximate surface area is 336 Å². The van der Waals surface area contributed by atoms with Crippen molar-refractivity contribution in [3.05, 3.63) is 47.3 Å². The molecule has 0 unspecified atom stereocenters. The van der Waals surface area contributed by atoms with Gasteiger partial charge in [-0.15, -0.1) is 0 Å². The van der Waals surface area contributed by atoms with Gasteiger partial charge in [0.2, 0.25) is 27.4 Å². The number of fused-ring (bicyclic) bond motifs is 3. The van der Waals surface area contributed by atoms with Crippen LogP contribution in [0.4, 0.5) is 22.4 Å². The van der Waals surface area contributed by atoms with Crippen LogP contribution in [0.3, 0.4) is 0 Å². The van der Waals surface area contributed by atoms with E-state index in [0.717, 1.165) is 0 Å². The number of alkyl halides is 3. The molecule has 17 heteroatoms. The molecule has 2 aliphatic carbocycles. The minimum Gasteiger partial charge on any atom is -0.450 e. The van der Waals surface area contributed by atoms with Gasteiger partial charge in [0.05, 0.1) is 41.6 Å². The Morgan fingerprint density at radius 2 is 1.78 bits per heavy atom. The van der Waals surface area contributed by atoms with Gasteiger partial charge in [0, 0.05) is 24.9 Å². The zero-order chi connectivity index (χ0) is 42.6. The molecule has 12 nitrogen and oxygen atoms in total. The first kappa shape index (κ1) is 43.6. The van der Waals surface area contributed by atoms with Gasteiger partial charge < -0.3 is 14.4 Å². The van der Waals surface area contributed by atoms with Gasteiger partial charge in [-0.25, -0.2) is 17.6 Å². The fraction of sp³-hybridized carbons (Fsp3) is 0.683. The standard InChI is InChI=1S/C41H53F4N3O9S/c1-6-25-16-24(2)10-7-8-12-27-19-40(27,36(52)46-58(54,55)39(5)14-15-39)20-33(49)32-17-28(56-37(53)47-21-26-11-9-13-31(42)30(26)23-47)22-48(32)35(51)29(25)18-34(50)57-38(3,4)41(43,44)45/h8-9,11-13,24-25,27-29,32H,6-7,10,14-23H2,1-5H3,(H,46,52)/b12-8-/t24-,25+,27+,28+,29-,32-,40+/m0/s1. The highest BCUT2D eigenvalue weighted by molar-refractivity contribution is 7.91. The minimum atomic E-state index is -4.90. The highest BCUT2D eigenvalue weighted by atomic mass is 32.2. The van der Waals surface area contributed by atoms with Crippen LogP contribution in [0.25, 0.3) is 0 Å². The first-order valence-electron chi connectivity index (χ1n) is 20.1. The third-order valence-corrected chi connectivity index (χ3v) is 15.2. The quantitative estimate of drug-likeness (QED) is 0.175. The lowest BCUT2D eigenvalue weighted by Gasteiger charge is -2.34. The maximum Gasteiger partial charge on any atom is 0.427 e. The summed E-state index contributed by atoms with van der Waals surface area (Å²) in [6.45, 7) is 6.41. The van der Waals surface area contributed by atoms with E-state index >= 15 is 0 Å². The number of Topliss-reactive ketones (excluding diaryl/α,β-unsaturated/α-hetero) is 1. The van der Waals surface area contributed by atoms with Crippen molar-refractivity contribution in [3.8, 4) is 0 Å². The van der Waals surface area contributed by atoms with E-state index in [-0.39, 0.29) is 38.4 Å². The molecule has 3 heterocycles. The van der Waals surface area contributed by atoms with Crippen LogP contribution < -0.4 is 4.72 Å². The van der Waals surface area contributed by atoms with E-state index in [2.05, 4.69) is 4.72 Å². The van der Waals surface area contributed by atoms with Crippen molar-refractivity contribution in [2.75, 3.05) is 6.54 Å². The second-order valence-electron chi connectivity index (χ2n) is 17.8. The molecule has 7 atom stereocenters. The first-order chi connectivity index (χ1) is 27.0. The molecule has 0 bridgehead atoms.